The van der Waals surface area contributed by atoms with Crippen LogP contribution >= 0.6 is 0 Å². The zero-order valence-electron chi connectivity index (χ0n) is 25.8. The quantitative estimate of drug-likeness (QED) is 0.102. The van der Waals surface area contributed by atoms with Crippen LogP contribution in [0.1, 0.15) is 108 Å². The predicted molar refractivity (Wildman–Crippen MR) is 176 cm³/mol. The summed E-state index contributed by atoms with van der Waals surface area (Å²) >= 11 is 0. The van der Waals surface area contributed by atoms with E-state index in [0.717, 1.165) is 48.1 Å². The Morgan fingerprint density at radius 3 is 1.98 bits per heavy atom. The van der Waals surface area contributed by atoms with Crippen LogP contribution in [0.25, 0.3) is 22.3 Å². The summed E-state index contributed by atoms with van der Waals surface area (Å²) < 4.78 is 12.1. The minimum absolute atomic E-state index is 0.206. The molecule has 0 aromatic heterocycles. The average Bonchev–Trinajstić information content (AvgIpc) is 3.00. The van der Waals surface area contributed by atoms with Gasteiger partial charge in [0.2, 0.25) is 0 Å². The minimum atomic E-state index is -0.941. The molecule has 4 heteroatoms. The smallest absolute Gasteiger partial charge is 0.336 e. The molecule has 0 amide bonds. The molecule has 1 unspecified atom stereocenters. The van der Waals surface area contributed by atoms with E-state index in [4.69, 9.17) is 9.47 Å². The van der Waals surface area contributed by atoms with Crippen molar-refractivity contribution in [3.63, 3.8) is 0 Å². The Morgan fingerprint density at radius 1 is 0.762 bits per heavy atom. The van der Waals surface area contributed by atoms with Crippen LogP contribution in [0.4, 0.5) is 0 Å². The number of allylic oxidation sites excluding steroid dienone is 1. The molecular formula is C38H50O4. The topological polar surface area (TPSA) is 55.8 Å². The predicted octanol–water partition coefficient (Wildman–Crippen LogP) is 11.1. The normalized spacial score (nSPS) is 11.7. The van der Waals surface area contributed by atoms with Gasteiger partial charge >= 0.3 is 5.97 Å². The molecule has 0 aliphatic carbocycles. The third-order valence-electron chi connectivity index (χ3n) is 7.73. The van der Waals surface area contributed by atoms with Crippen LogP contribution in [0.15, 0.2) is 79.4 Å². The summed E-state index contributed by atoms with van der Waals surface area (Å²) in [4.78, 5) is 12.0. The number of unbranched alkanes of at least 4 members (excludes halogenated alkanes) is 10. The Kier molecular flexibility index (Phi) is 14.8. The number of ether oxygens (including phenoxy) is 2. The summed E-state index contributed by atoms with van der Waals surface area (Å²) in [7, 11) is 0. The number of carboxylic acid groups (broad SMARTS) is 1. The van der Waals surface area contributed by atoms with Gasteiger partial charge in [-0.2, -0.15) is 0 Å². The monoisotopic (exact) mass is 570 g/mol. The van der Waals surface area contributed by atoms with Crippen molar-refractivity contribution in [3.8, 4) is 33.8 Å². The average molecular weight is 571 g/mol. The van der Waals surface area contributed by atoms with Gasteiger partial charge in [-0.1, -0.05) is 101 Å². The maximum atomic E-state index is 12.0. The van der Waals surface area contributed by atoms with E-state index in [0.29, 0.717) is 17.9 Å². The highest BCUT2D eigenvalue weighted by Gasteiger charge is 2.14. The van der Waals surface area contributed by atoms with E-state index >= 15 is 0 Å². The molecule has 3 aromatic rings. The maximum absolute atomic E-state index is 12.0. The van der Waals surface area contributed by atoms with Gasteiger partial charge in [0, 0.05) is 0 Å². The zero-order chi connectivity index (χ0) is 30.0. The maximum Gasteiger partial charge on any atom is 0.336 e. The van der Waals surface area contributed by atoms with Crippen molar-refractivity contribution in [2.24, 2.45) is 0 Å². The SMILES string of the molecule is C=CCCCCCCCCCOc1ccc(C(=O)O)c(-c2ccc(-c3ccc(OC(C)CCCCCC)cc3)cc2)c1. The summed E-state index contributed by atoms with van der Waals surface area (Å²) in [6.45, 7) is 8.78. The lowest BCUT2D eigenvalue weighted by Crippen LogP contribution is -2.11. The van der Waals surface area contributed by atoms with Gasteiger partial charge in [0.05, 0.1) is 18.3 Å². The van der Waals surface area contributed by atoms with Crippen molar-refractivity contribution in [1.29, 1.82) is 0 Å². The Balaban J connectivity index is 1.55. The molecule has 1 N–H and O–H groups in total. The summed E-state index contributed by atoms with van der Waals surface area (Å²) in [6.07, 6.45) is 17.8. The standard InChI is InChI=1S/C38H50O4/c1-4-6-8-10-11-12-13-14-16-28-41-35-26-27-36(38(39)40)37(29-35)33-20-18-31(19-21-33)32-22-24-34(25-23-32)42-30(3)17-15-9-7-5-2/h4,18-27,29-30H,1,5-17,28H2,2-3H3,(H,39,40). The minimum Gasteiger partial charge on any atom is -0.494 e. The second kappa shape index (κ2) is 18.8. The van der Waals surface area contributed by atoms with Crippen molar-refractivity contribution < 1.29 is 19.4 Å². The summed E-state index contributed by atoms with van der Waals surface area (Å²) in [5, 5.41) is 9.82. The fourth-order valence-corrected chi connectivity index (χ4v) is 5.22. The zero-order valence-corrected chi connectivity index (χ0v) is 25.8. The van der Waals surface area contributed by atoms with Crippen molar-refractivity contribution >= 4 is 5.97 Å². The molecule has 0 aliphatic rings. The van der Waals surface area contributed by atoms with Gasteiger partial charge in [0.1, 0.15) is 11.5 Å². The van der Waals surface area contributed by atoms with Gasteiger partial charge in [-0.3, -0.25) is 0 Å². The van der Waals surface area contributed by atoms with Crippen LogP contribution in [-0.4, -0.2) is 23.8 Å². The van der Waals surface area contributed by atoms with Gasteiger partial charge in [-0.15, -0.1) is 6.58 Å². The molecule has 0 heterocycles. The largest absolute Gasteiger partial charge is 0.494 e. The van der Waals surface area contributed by atoms with Gasteiger partial charge in [-0.25, -0.2) is 4.79 Å². The van der Waals surface area contributed by atoms with Crippen LogP contribution in [0.3, 0.4) is 0 Å². The van der Waals surface area contributed by atoms with E-state index in [1.807, 2.05) is 48.5 Å². The van der Waals surface area contributed by atoms with Crippen molar-refractivity contribution in [2.75, 3.05) is 6.61 Å². The number of hydrogen-bond acceptors (Lipinski definition) is 3. The van der Waals surface area contributed by atoms with E-state index in [-0.39, 0.29) is 11.7 Å². The molecule has 4 nitrogen and oxygen atoms in total. The van der Waals surface area contributed by atoms with Crippen LogP contribution in [0, 0.1) is 0 Å². The molecule has 3 aromatic carbocycles. The number of hydrogen-bond donors (Lipinski definition) is 1. The lowest BCUT2D eigenvalue weighted by atomic mass is 9.96. The molecule has 1 atom stereocenters. The van der Waals surface area contributed by atoms with Crippen molar-refractivity contribution in [1.82, 2.24) is 0 Å². The molecule has 0 radical (unpaired) electrons. The van der Waals surface area contributed by atoms with Crippen LogP contribution in [0.2, 0.25) is 0 Å². The Morgan fingerprint density at radius 2 is 1.33 bits per heavy atom. The Labute approximate surface area is 253 Å². The summed E-state index contributed by atoms with van der Waals surface area (Å²) in [5.74, 6) is 0.656. The first-order chi connectivity index (χ1) is 20.5. The van der Waals surface area contributed by atoms with Crippen molar-refractivity contribution in [2.45, 2.75) is 103 Å². The van der Waals surface area contributed by atoms with E-state index < -0.39 is 5.97 Å². The molecule has 0 aliphatic heterocycles. The molecule has 0 spiro atoms. The molecule has 0 bridgehead atoms. The fraction of sp³-hybridized carbons (Fsp3) is 0.447. The molecule has 42 heavy (non-hydrogen) atoms. The second-order valence-corrected chi connectivity index (χ2v) is 11.3. The molecular weight excluding hydrogens is 520 g/mol. The van der Waals surface area contributed by atoms with Gasteiger partial charge in [-0.05, 0) is 91.6 Å². The molecule has 3 rings (SSSR count). The molecule has 0 saturated heterocycles. The number of carboxylic acids is 1. The van der Waals surface area contributed by atoms with Crippen LogP contribution in [0.5, 0.6) is 11.5 Å². The lowest BCUT2D eigenvalue weighted by molar-refractivity contribution is 0.0697. The molecule has 226 valence electrons. The van der Waals surface area contributed by atoms with Gasteiger partial charge < -0.3 is 14.6 Å². The number of benzene rings is 3. The number of rotatable bonds is 21. The first-order valence-electron chi connectivity index (χ1n) is 16.0. The van der Waals surface area contributed by atoms with Gasteiger partial charge in [0.25, 0.3) is 0 Å². The molecule has 0 saturated carbocycles. The Bertz CT molecular complexity index is 1200. The van der Waals surface area contributed by atoms with Crippen molar-refractivity contribution in [3.05, 3.63) is 84.9 Å². The highest BCUT2D eigenvalue weighted by atomic mass is 16.5. The highest BCUT2D eigenvalue weighted by Crippen LogP contribution is 2.31. The van der Waals surface area contributed by atoms with Crippen LogP contribution in [-0.2, 0) is 0 Å². The third kappa shape index (κ3) is 11.4. The number of carbonyl (C=O) groups is 1. The number of aromatic carboxylic acids is 1. The molecule has 0 fully saturated rings. The van der Waals surface area contributed by atoms with E-state index in [9.17, 15) is 9.90 Å². The third-order valence-corrected chi connectivity index (χ3v) is 7.73. The second-order valence-electron chi connectivity index (χ2n) is 11.3. The van der Waals surface area contributed by atoms with Crippen LogP contribution < -0.4 is 9.47 Å². The van der Waals surface area contributed by atoms with E-state index in [1.54, 1.807) is 12.1 Å². The lowest BCUT2D eigenvalue weighted by Gasteiger charge is -2.15. The highest BCUT2D eigenvalue weighted by molar-refractivity contribution is 5.96. The first kappa shape index (κ1) is 33.0. The Hall–Kier alpha value is -3.53. The summed E-state index contributed by atoms with van der Waals surface area (Å²) in [6, 6.07) is 21.5. The van der Waals surface area contributed by atoms with E-state index in [2.05, 4.69) is 32.6 Å². The first-order valence-corrected chi connectivity index (χ1v) is 16.0. The van der Waals surface area contributed by atoms with Gasteiger partial charge in [0.15, 0.2) is 0 Å². The van der Waals surface area contributed by atoms with E-state index in [1.165, 1.54) is 57.8 Å². The fourth-order valence-electron chi connectivity index (χ4n) is 5.22. The summed E-state index contributed by atoms with van der Waals surface area (Å²) in [5.41, 5.74) is 3.97.